The molecule has 0 bridgehead atoms. The quantitative estimate of drug-likeness (QED) is 0.783. The highest BCUT2D eigenvalue weighted by Gasteiger charge is 2.11. The monoisotopic (exact) mass is 338 g/mol. The SMILES string of the molecule is COCc1ccc(C(=O)NCCc2ccc(S(N)(=O)=O)cc2)o1. The molecule has 3 N–H and O–H groups in total. The normalized spacial score (nSPS) is 11.4. The van der Waals surface area contributed by atoms with E-state index in [2.05, 4.69) is 5.32 Å². The number of sulfonamides is 1. The highest BCUT2D eigenvalue weighted by Crippen LogP contribution is 2.10. The fourth-order valence-electron chi connectivity index (χ4n) is 1.97. The minimum absolute atomic E-state index is 0.0616. The highest BCUT2D eigenvalue weighted by molar-refractivity contribution is 7.89. The van der Waals surface area contributed by atoms with Crippen LogP contribution in [0.4, 0.5) is 0 Å². The standard InChI is InChI=1S/C15H18N2O5S/c1-21-10-12-4-7-14(22-12)15(18)17-9-8-11-2-5-13(6-3-11)23(16,19)20/h2-7H,8-10H2,1H3,(H,17,18)(H2,16,19,20). The number of ether oxygens (including phenoxy) is 1. The average Bonchev–Trinajstić information content (AvgIpc) is 2.96. The van der Waals surface area contributed by atoms with Crippen LogP contribution < -0.4 is 10.5 Å². The summed E-state index contributed by atoms with van der Waals surface area (Å²) in [6, 6.07) is 9.48. The molecule has 1 aromatic heterocycles. The second kappa shape index (κ2) is 7.40. The fourth-order valence-corrected chi connectivity index (χ4v) is 2.49. The van der Waals surface area contributed by atoms with Gasteiger partial charge in [-0.25, -0.2) is 13.6 Å². The third kappa shape index (κ3) is 4.92. The molecule has 0 saturated carbocycles. The summed E-state index contributed by atoms with van der Waals surface area (Å²) in [5.74, 6) is 0.492. The molecule has 0 aliphatic carbocycles. The number of carbonyl (C=O) groups is 1. The van der Waals surface area contributed by atoms with Gasteiger partial charge in [0.25, 0.3) is 5.91 Å². The third-order valence-electron chi connectivity index (χ3n) is 3.12. The summed E-state index contributed by atoms with van der Waals surface area (Å²) < 4.78 is 32.5. The Morgan fingerprint density at radius 3 is 2.52 bits per heavy atom. The molecule has 0 atom stereocenters. The van der Waals surface area contributed by atoms with Crippen molar-refractivity contribution in [2.75, 3.05) is 13.7 Å². The van der Waals surface area contributed by atoms with Crippen molar-refractivity contribution >= 4 is 15.9 Å². The summed E-state index contributed by atoms with van der Waals surface area (Å²) in [5.41, 5.74) is 0.886. The van der Waals surface area contributed by atoms with Crippen molar-refractivity contribution < 1.29 is 22.4 Å². The third-order valence-corrected chi connectivity index (χ3v) is 4.05. The van der Waals surface area contributed by atoms with Crippen LogP contribution in [0.25, 0.3) is 0 Å². The van der Waals surface area contributed by atoms with E-state index in [1.165, 1.54) is 12.1 Å². The van der Waals surface area contributed by atoms with Gasteiger partial charge in [0.05, 0.1) is 4.90 Å². The Morgan fingerprint density at radius 1 is 1.22 bits per heavy atom. The van der Waals surface area contributed by atoms with Crippen molar-refractivity contribution in [3.8, 4) is 0 Å². The van der Waals surface area contributed by atoms with Crippen molar-refractivity contribution in [2.45, 2.75) is 17.9 Å². The molecule has 8 heteroatoms. The average molecular weight is 338 g/mol. The van der Waals surface area contributed by atoms with Gasteiger partial charge >= 0.3 is 0 Å². The Balaban J connectivity index is 1.85. The number of amides is 1. The largest absolute Gasteiger partial charge is 0.453 e. The van der Waals surface area contributed by atoms with Gasteiger partial charge in [0.2, 0.25) is 10.0 Å². The Kier molecular flexibility index (Phi) is 5.54. The molecule has 0 aliphatic rings. The van der Waals surface area contributed by atoms with Crippen molar-refractivity contribution in [2.24, 2.45) is 5.14 Å². The van der Waals surface area contributed by atoms with E-state index >= 15 is 0 Å². The number of rotatable bonds is 7. The van der Waals surface area contributed by atoms with E-state index in [1.54, 1.807) is 31.4 Å². The summed E-state index contributed by atoms with van der Waals surface area (Å²) in [6.07, 6.45) is 0.558. The zero-order chi connectivity index (χ0) is 16.9. The first-order valence-corrected chi connectivity index (χ1v) is 8.42. The molecule has 0 aliphatic heterocycles. The van der Waals surface area contributed by atoms with Gasteiger partial charge in [-0.1, -0.05) is 12.1 Å². The number of nitrogens with one attached hydrogen (secondary N) is 1. The van der Waals surface area contributed by atoms with Gasteiger partial charge in [-0.15, -0.1) is 0 Å². The molecular formula is C15H18N2O5S. The number of hydrogen-bond acceptors (Lipinski definition) is 5. The van der Waals surface area contributed by atoms with E-state index in [-0.39, 0.29) is 16.6 Å². The number of primary sulfonamides is 1. The van der Waals surface area contributed by atoms with Gasteiger partial charge in [-0.05, 0) is 36.2 Å². The molecule has 124 valence electrons. The lowest BCUT2D eigenvalue weighted by Gasteiger charge is -2.05. The Bertz CT molecular complexity index is 765. The van der Waals surface area contributed by atoms with E-state index in [9.17, 15) is 13.2 Å². The van der Waals surface area contributed by atoms with E-state index < -0.39 is 10.0 Å². The molecule has 1 heterocycles. The molecule has 0 fully saturated rings. The molecule has 0 saturated heterocycles. The summed E-state index contributed by atoms with van der Waals surface area (Å²) >= 11 is 0. The smallest absolute Gasteiger partial charge is 0.287 e. The minimum atomic E-state index is -3.68. The van der Waals surface area contributed by atoms with Gasteiger partial charge in [0.15, 0.2) is 5.76 Å². The molecule has 2 aromatic rings. The van der Waals surface area contributed by atoms with Crippen LogP contribution in [-0.4, -0.2) is 28.0 Å². The van der Waals surface area contributed by atoms with E-state index in [4.69, 9.17) is 14.3 Å². The fraction of sp³-hybridized carbons (Fsp3) is 0.267. The Morgan fingerprint density at radius 2 is 1.91 bits per heavy atom. The van der Waals surface area contributed by atoms with Crippen LogP contribution in [0.2, 0.25) is 0 Å². The molecule has 23 heavy (non-hydrogen) atoms. The predicted molar refractivity (Wildman–Crippen MR) is 83.3 cm³/mol. The van der Waals surface area contributed by atoms with Crippen LogP contribution in [0.3, 0.4) is 0 Å². The number of methoxy groups -OCH3 is 1. The summed E-state index contributed by atoms with van der Waals surface area (Å²) in [4.78, 5) is 12.0. The Hall–Kier alpha value is -2.16. The minimum Gasteiger partial charge on any atom is -0.453 e. The van der Waals surface area contributed by atoms with Crippen LogP contribution in [-0.2, 0) is 27.8 Å². The summed E-state index contributed by atoms with van der Waals surface area (Å²) in [6.45, 7) is 0.706. The topological polar surface area (TPSA) is 112 Å². The molecule has 7 nitrogen and oxygen atoms in total. The first-order chi connectivity index (χ1) is 10.9. The maximum atomic E-state index is 11.9. The second-order valence-corrected chi connectivity index (χ2v) is 6.46. The zero-order valence-corrected chi connectivity index (χ0v) is 13.4. The lowest BCUT2D eigenvalue weighted by molar-refractivity contribution is 0.0917. The van der Waals surface area contributed by atoms with Crippen molar-refractivity contribution in [3.63, 3.8) is 0 Å². The first kappa shape index (κ1) is 17.2. The summed E-state index contributed by atoms with van der Waals surface area (Å²) in [7, 11) is -2.14. The number of furan rings is 1. The van der Waals surface area contributed by atoms with Gasteiger partial charge < -0.3 is 14.5 Å². The van der Waals surface area contributed by atoms with E-state index in [0.29, 0.717) is 25.3 Å². The molecule has 0 radical (unpaired) electrons. The van der Waals surface area contributed by atoms with Crippen LogP contribution in [0.5, 0.6) is 0 Å². The first-order valence-electron chi connectivity index (χ1n) is 6.88. The number of hydrogen-bond donors (Lipinski definition) is 2. The highest BCUT2D eigenvalue weighted by atomic mass is 32.2. The molecule has 1 aromatic carbocycles. The molecule has 0 spiro atoms. The predicted octanol–water partition coefficient (Wildman–Crippen LogP) is 1.05. The number of carbonyl (C=O) groups excluding carboxylic acids is 1. The van der Waals surface area contributed by atoms with Crippen molar-refractivity contribution in [3.05, 3.63) is 53.5 Å². The molecule has 2 rings (SSSR count). The molecule has 0 unspecified atom stereocenters. The van der Waals surface area contributed by atoms with Crippen LogP contribution in [0.15, 0.2) is 45.7 Å². The second-order valence-electron chi connectivity index (χ2n) is 4.89. The maximum absolute atomic E-state index is 11.9. The van der Waals surface area contributed by atoms with Gasteiger partial charge in [0.1, 0.15) is 12.4 Å². The molecule has 1 amide bonds. The van der Waals surface area contributed by atoms with Crippen LogP contribution >= 0.6 is 0 Å². The zero-order valence-electron chi connectivity index (χ0n) is 12.6. The van der Waals surface area contributed by atoms with Gasteiger partial charge in [0, 0.05) is 13.7 Å². The Labute approximate surface area is 134 Å². The van der Waals surface area contributed by atoms with Crippen LogP contribution in [0.1, 0.15) is 21.9 Å². The van der Waals surface area contributed by atoms with Crippen LogP contribution in [0, 0.1) is 0 Å². The lowest BCUT2D eigenvalue weighted by Crippen LogP contribution is -2.25. The van der Waals surface area contributed by atoms with Gasteiger partial charge in [-0.3, -0.25) is 4.79 Å². The number of benzene rings is 1. The van der Waals surface area contributed by atoms with Crippen molar-refractivity contribution in [1.29, 1.82) is 0 Å². The van der Waals surface area contributed by atoms with Gasteiger partial charge in [-0.2, -0.15) is 0 Å². The molecular weight excluding hydrogens is 320 g/mol. The maximum Gasteiger partial charge on any atom is 0.287 e. The number of nitrogens with two attached hydrogens (primary N) is 1. The van der Waals surface area contributed by atoms with E-state index in [1.807, 2.05) is 0 Å². The van der Waals surface area contributed by atoms with E-state index in [0.717, 1.165) is 5.56 Å². The summed E-state index contributed by atoms with van der Waals surface area (Å²) in [5, 5.41) is 7.76. The van der Waals surface area contributed by atoms with Crippen molar-refractivity contribution in [1.82, 2.24) is 5.32 Å². The lowest BCUT2D eigenvalue weighted by atomic mass is 10.1.